The number of H-pyrrole nitrogens is 1. The van der Waals surface area contributed by atoms with Gasteiger partial charge < -0.3 is 4.98 Å². The molecule has 3 rings (SSSR count). The van der Waals surface area contributed by atoms with Crippen LogP contribution in [0.25, 0.3) is 10.9 Å². The summed E-state index contributed by atoms with van der Waals surface area (Å²) in [5.74, 6) is -1.15. The van der Waals surface area contributed by atoms with Crippen LogP contribution in [-0.4, -0.2) is 22.9 Å². The zero-order valence-electron chi connectivity index (χ0n) is 15.8. The summed E-state index contributed by atoms with van der Waals surface area (Å²) < 4.78 is 38.6. The van der Waals surface area contributed by atoms with Gasteiger partial charge in [0.2, 0.25) is 5.91 Å². The van der Waals surface area contributed by atoms with Crippen LogP contribution >= 0.6 is 11.6 Å². The second kappa shape index (κ2) is 8.71. The molecule has 0 bridgehead atoms. The van der Waals surface area contributed by atoms with Gasteiger partial charge in [-0.3, -0.25) is 9.59 Å². The van der Waals surface area contributed by atoms with Crippen molar-refractivity contribution >= 4 is 40.4 Å². The van der Waals surface area contributed by atoms with E-state index in [0.29, 0.717) is 0 Å². The highest BCUT2D eigenvalue weighted by atomic mass is 35.5. The van der Waals surface area contributed by atoms with E-state index in [1.807, 2.05) is 31.2 Å². The Kier molecular flexibility index (Phi) is 6.26. The summed E-state index contributed by atoms with van der Waals surface area (Å²) in [6.07, 6.45) is -3.62. The Morgan fingerprint density at radius 3 is 2.63 bits per heavy atom. The normalized spacial score (nSPS) is 11.9. The number of aromatic nitrogens is 1. The number of nitrogens with zero attached hydrogens (tertiary/aromatic N) is 1. The maximum Gasteiger partial charge on any atom is 0.416 e. The Hall–Kier alpha value is -3.13. The first kappa shape index (κ1) is 21.6. The van der Waals surface area contributed by atoms with E-state index in [-0.39, 0.29) is 23.4 Å². The number of hydrazone groups is 1. The molecule has 0 radical (unpaired) electrons. The van der Waals surface area contributed by atoms with Crippen LogP contribution in [0, 0.1) is 6.92 Å². The standard InChI is InChI=1S/C21H17ClF3N3O2/c1-12-17(16-4-2-3-5-18(16)27-12)11-26-28-20(30)7-6-19(29)13-8-14(21(23,24)25)10-15(22)9-13/h2-5,8-11,27H,6-7H2,1H3,(H,28,30)/b26-11+. The molecule has 156 valence electrons. The molecule has 0 aliphatic heterocycles. The summed E-state index contributed by atoms with van der Waals surface area (Å²) in [6.45, 7) is 1.88. The average molecular weight is 436 g/mol. The van der Waals surface area contributed by atoms with E-state index < -0.39 is 23.4 Å². The number of aryl methyl sites for hydroxylation is 1. The van der Waals surface area contributed by atoms with Crippen LogP contribution in [0.5, 0.6) is 0 Å². The molecular weight excluding hydrogens is 419 g/mol. The molecule has 0 spiro atoms. The molecule has 2 N–H and O–H groups in total. The van der Waals surface area contributed by atoms with Crippen LogP contribution in [0.1, 0.15) is 40.0 Å². The fraction of sp³-hybridized carbons (Fsp3) is 0.190. The summed E-state index contributed by atoms with van der Waals surface area (Å²) in [5, 5.41) is 4.66. The molecule has 1 aromatic heterocycles. The summed E-state index contributed by atoms with van der Waals surface area (Å²) in [4.78, 5) is 27.3. The van der Waals surface area contributed by atoms with Crippen LogP contribution in [-0.2, 0) is 11.0 Å². The SMILES string of the molecule is Cc1[nH]c2ccccc2c1/C=N/NC(=O)CCC(=O)c1cc(Cl)cc(C(F)(F)F)c1. The molecule has 0 saturated carbocycles. The number of aromatic amines is 1. The van der Waals surface area contributed by atoms with Crippen molar-refractivity contribution in [1.82, 2.24) is 10.4 Å². The van der Waals surface area contributed by atoms with E-state index in [1.165, 1.54) is 6.21 Å². The van der Waals surface area contributed by atoms with Gasteiger partial charge in [0.25, 0.3) is 0 Å². The first-order chi connectivity index (χ1) is 14.1. The van der Waals surface area contributed by atoms with Gasteiger partial charge in [-0.05, 0) is 31.2 Å². The topological polar surface area (TPSA) is 74.3 Å². The van der Waals surface area contributed by atoms with Crippen LogP contribution < -0.4 is 5.43 Å². The quantitative estimate of drug-likeness (QED) is 0.315. The molecule has 0 unspecified atom stereocenters. The maximum absolute atomic E-state index is 12.9. The number of rotatable bonds is 6. The molecule has 2 aromatic carbocycles. The molecule has 0 aliphatic carbocycles. The number of alkyl halides is 3. The Labute approximate surface area is 174 Å². The van der Waals surface area contributed by atoms with Gasteiger partial charge >= 0.3 is 6.18 Å². The molecule has 9 heteroatoms. The third-order valence-electron chi connectivity index (χ3n) is 4.45. The molecule has 1 heterocycles. The molecule has 3 aromatic rings. The Balaban J connectivity index is 1.59. The minimum absolute atomic E-state index is 0.194. The number of ketones is 1. The van der Waals surface area contributed by atoms with Gasteiger partial charge in [0.05, 0.1) is 11.8 Å². The van der Waals surface area contributed by atoms with Gasteiger partial charge in [-0.15, -0.1) is 0 Å². The molecule has 0 fully saturated rings. The largest absolute Gasteiger partial charge is 0.416 e. The lowest BCUT2D eigenvalue weighted by atomic mass is 10.0. The van der Waals surface area contributed by atoms with E-state index in [9.17, 15) is 22.8 Å². The molecular formula is C21H17ClF3N3O2. The number of halogens is 4. The number of para-hydroxylation sites is 1. The van der Waals surface area contributed by atoms with Gasteiger partial charge in [-0.25, -0.2) is 5.43 Å². The molecule has 0 atom stereocenters. The smallest absolute Gasteiger partial charge is 0.358 e. The van der Waals surface area contributed by atoms with Crippen LogP contribution in [0.15, 0.2) is 47.6 Å². The predicted octanol–water partition coefficient (Wildman–Crippen LogP) is 5.26. The highest BCUT2D eigenvalue weighted by Crippen LogP contribution is 2.32. The van der Waals surface area contributed by atoms with Crippen molar-refractivity contribution in [2.45, 2.75) is 25.9 Å². The zero-order valence-corrected chi connectivity index (χ0v) is 16.6. The van der Waals surface area contributed by atoms with Gasteiger partial charge in [-0.1, -0.05) is 29.8 Å². The third kappa shape index (κ3) is 5.07. The highest BCUT2D eigenvalue weighted by Gasteiger charge is 2.31. The number of fused-ring (bicyclic) bond motifs is 1. The van der Waals surface area contributed by atoms with E-state index in [0.717, 1.165) is 40.4 Å². The predicted molar refractivity (Wildman–Crippen MR) is 109 cm³/mol. The molecule has 5 nitrogen and oxygen atoms in total. The Morgan fingerprint density at radius 2 is 1.90 bits per heavy atom. The number of hydrogen-bond donors (Lipinski definition) is 2. The van der Waals surface area contributed by atoms with Gasteiger partial charge in [0.1, 0.15) is 0 Å². The molecule has 30 heavy (non-hydrogen) atoms. The fourth-order valence-electron chi connectivity index (χ4n) is 2.98. The minimum atomic E-state index is -4.62. The Bertz CT molecular complexity index is 1140. The Morgan fingerprint density at radius 1 is 1.17 bits per heavy atom. The maximum atomic E-state index is 12.9. The van der Waals surface area contributed by atoms with Gasteiger partial charge in [0, 0.05) is 45.6 Å². The second-order valence-corrected chi connectivity index (χ2v) is 7.09. The monoisotopic (exact) mass is 435 g/mol. The first-order valence-corrected chi connectivity index (χ1v) is 9.33. The van der Waals surface area contributed by atoms with Gasteiger partial charge in [0.15, 0.2) is 5.78 Å². The summed E-state index contributed by atoms with van der Waals surface area (Å²) in [6, 6.07) is 10.2. The molecule has 0 saturated heterocycles. The van der Waals surface area contributed by atoms with Crippen molar-refractivity contribution in [2.75, 3.05) is 0 Å². The number of carbonyl (C=O) groups is 2. The van der Waals surface area contributed by atoms with E-state index in [2.05, 4.69) is 15.5 Å². The van der Waals surface area contributed by atoms with Crippen molar-refractivity contribution in [3.8, 4) is 0 Å². The summed E-state index contributed by atoms with van der Waals surface area (Å²) in [7, 11) is 0. The number of carbonyl (C=O) groups excluding carboxylic acids is 2. The van der Waals surface area contributed by atoms with Crippen LogP contribution in [0.3, 0.4) is 0 Å². The van der Waals surface area contributed by atoms with Crippen molar-refractivity contribution in [2.24, 2.45) is 5.10 Å². The summed E-state index contributed by atoms with van der Waals surface area (Å²) >= 11 is 5.68. The average Bonchev–Trinajstić information content (AvgIpc) is 3.00. The first-order valence-electron chi connectivity index (χ1n) is 8.95. The van der Waals surface area contributed by atoms with E-state index in [4.69, 9.17) is 11.6 Å². The number of benzene rings is 2. The number of Topliss-reactive ketones (excluding diaryl/α,β-unsaturated/α-hetero) is 1. The fourth-order valence-corrected chi connectivity index (χ4v) is 3.21. The van der Waals surface area contributed by atoms with E-state index >= 15 is 0 Å². The van der Waals surface area contributed by atoms with Crippen molar-refractivity contribution in [1.29, 1.82) is 0 Å². The lowest BCUT2D eigenvalue weighted by Crippen LogP contribution is -2.18. The second-order valence-electron chi connectivity index (χ2n) is 6.65. The molecule has 0 aliphatic rings. The third-order valence-corrected chi connectivity index (χ3v) is 4.67. The number of amides is 1. The molecule has 1 amide bonds. The van der Waals surface area contributed by atoms with Crippen LogP contribution in [0.4, 0.5) is 13.2 Å². The zero-order chi connectivity index (χ0) is 21.9. The number of nitrogens with one attached hydrogen (secondary N) is 2. The number of hydrogen-bond acceptors (Lipinski definition) is 3. The van der Waals surface area contributed by atoms with Crippen LogP contribution in [0.2, 0.25) is 5.02 Å². The lowest BCUT2D eigenvalue weighted by molar-refractivity contribution is -0.137. The van der Waals surface area contributed by atoms with Crippen molar-refractivity contribution in [3.63, 3.8) is 0 Å². The van der Waals surface area contributed by atoms with Gasteiger partial charge in [-0.2, -0.15) is 18.3 Å². The minimum Gasteiger partial charge on any atom is -0.358 e. The summed E-state index contributed by atoms with van der Waals surface area (Å²) in [5.41, 5.74) is 3.76. The van der Waals surface area contributed by atoms with Crippen molar-refractivity contribution < 1.29 is 22.8 Å². The van der Waals surface area contributed by atoms with Crippen molar-refractivity contribution in [3.05, 3.63) is 69.9 Å². The highest BCUT2D eigenvalue weighted by molar-refractivity contribution is 6.31. The van der Waals surface area contributed by atoms with E-state index in [1.54, 1.807) is 0 Å². The lowest BCUT2D eigenvalue weighted by Gasteiger charge is -2.09.